The lowest BCUT2D eigenvalue weighted by Crippen LogP contribution is -2.53. The number of nitro groups is 1. The Labute approximate surface area is 312 Å². The van der Waals surface area contributed by atoms with Crippen molar-refractivity contribution in [1.29, 1.82) is 0 Å². The van der Waals surface area contributed by atoms with Gasteiger partial charge in [-0.25, -0.2) is 8.42 Å². The second-order valence-electron chi connectivity index (χ2n) is 11.6. The van der Waals surface area contributed by atoms with Crippen LogP contribution in [-0.4, -0.2) is 56.3 Å². The Balaban J connectivity index is 1.90. The number of aryl methyl sites for hydroxylation is 1. The van der Waals surface area contributed by atoms with Gasteiger partial charge in [0.05, 0.1) is 22.6 Å². The number of carbonyl (C=O) groups is 2. The standard InChI is InChI=1S/C36H37Cl3N4O7S/c1-4-5-17-40-36(45)33(18-25-9-7-6-8-10-25)41(22-26-12-13-27(37)19-30(26)39)35(44)23-42(32-20-28(38)14-16-34(32)50-3)51(48,49)29-15-11-24(2)31(21-29)43(46)47/h6-16,19-21,33H,4-5,17-18,22-23H2,1-3H3,(H,40,45)/t33-/m0/s1. The molecular weight excluding hydrogens is 739 g/mol. The number of nitrogens with one attached hydrogen (secondary N) is 1. The van der Waals surface area contributed by atoms with Gasteiger partial charge in [0.25, 0.3) is 15.7 Å². The van der Waals surface area contributed by atoms with Crippen LogP contribution in [0.25, 0.3) is 0 Å². The van der Waals surface area contributed by atoms with Crippen molar-refractivity contribution in [1.82, 2.24) is 10.2 Å². The molecule has 0 aromatic heterocycles. The summed E-state index contributed by atoms with van der Waals surface area (Å²) in [7, 11) is -3.39. The van der Waals surface area contributed by atoms with Crippen molar-refractivity contribution in [3.8, 4) is 5.75 Å². The van der Waals surface area contributed by atoms with E-state index in [0.717, 1.165) is 22.4 Å². The molecule has 4 aromatic carbocycles. The van der Waals surface area contributed by atoms with E-state index in [-0.39, 0.29) is 40.0 Å². The molecule has 1 atom stereocenters. The number of unbranched alkanes of at least 4 members (excludes halogenated alkanes) is 1. The maximum Gasteiger partial charge on any atom is 0.273 e. The summed E-state index contributed by atoms with van der Waals surface area (Å²) in [4.78, 5) is 40.7. The lowest BCUT2D eigenvalue weighted by molar-refractivity contribution is -0.385. The molecule has 270 valence electrons. The largest absolute Gasteiger partial charge is 0.495 e. The van der Waals surface area contributed by atoms with Gasteiger partial charge < -0.3 is 15.0 Å². The van der Waals surface area contributed by atoms with Gasteiger partial charge in [-0.2, -0.15) is 0 Å². The van der Waals surface area contributed by atoms with Gasteiger partial charge in [-0.3, -0.25) is 24.0 Å². The van der Waals surface area contributed by atoms with Crippen LogP contribution in [0.2, 0.25) is 15.1 Å². The first-order chi connectivity index (χ1) is 24.3. The van der Waals surface area contributed by atoms with Crippen LogP contribution >= 0.6 is 34.8 Å². The quantitative estimate of drug-likeness (QED) is 0.0702. The van der Waals surface area contributed by atoms with Crippen molar-refractivity contribution in [2.24, 2.45) is 0 Å². The topological polar surface area (TPSA) is 139 Å². The Morgan fingerprint density at radius 2 is 1.65 bits per heavy atom. The highest BCUT2D eigenvalue weighted by molar-refractivity contribution is 7.92. The molecule has 0 aliphatic rings. The van der Waals surface area contributed by atoms with Crippen molar-refractivity contribution in [2.45, 2.75) is 50.6 Å². The molecular formula is C36H37Cl3N4O7S. The normalized spacial score (nSPS) is 11.8. The van der Waals surface area contributed by atoms with Crippen LogP contribution in [0.3, 0.4) is 0 Å². The molecule has 0 saturated heterocycles. The summed E-state index contributed by atoms with van der Waals surface area (Å²) in [5.74, 6) is -1.17. The molecule has 0 unspecified atom stereocenters. The van der Waals surface area contributed by atoms with E-state index in [1.165, 1.54) is 55.3 Å². The van der Waals surface area contributed by atoms with Gasteiger partial charge in [0.1, 0.15) is 18.3 Å². The van der Waals surface area contributed by atoms with Crippen LogP contribution in [0, 0.1) is 17.0 Å². The number of carbonyl (C=O) groups excluding carboxylic acids is 2. The molecule has 4 rings (SSSR count). The monoisotopic (exact) mass is 774 g/mol. The highest BCUT2D eigenvalue weighted by atomic mass is 35.5. The predicted octanol–water partition coefficient (Wildman–Crippen LogP) is 7.62. The number of sulfonamides is 1. The summed E-state index contributed by atoms with van der Waals surface area (Å²) < 4.78 is 35.3. The second kappa shape index (κ2) is 17.7. The predicted molar refractivity (Wildman–Crippen MR) is 199 cm³/mol. The Kier molecular flexibility index (Phi) is 13.7. The molecule has 51 heavy (non-hydrogen) atoms. The number of hydrogen-bond donors (Lipinski definition) is 1. The van der Waals surface area contributed by atoms with E-state index in [2.05, 4.69) is 5.32 Å². The third kappa shape index (κ3) is 9.91. The van der Waals surface area contributed by atoms with Crippen LogP contribution in [-0.2, 0) is 32.6 Å². The number of benzene rings is 4. The van der Waals surface area contributed by atoms with E-state index in [1.54, 1.807) is 12.1 Å². The summed E-state index contributed by atoms with van der Waals surface area (Å²) in [5, 5.41) is 15.4. The molecule has 0 bridgehead atoms. The Hall–Kier alpha value is -4.36. The zero-order valence-corrected chi connectivity index (χ0v) is 31.2. The zero-order chi connectivity index (χ0) is 37.3. The lowest BCUT2D eigenvalue weighted by atomic mass is 10.0. The van der Waals surface area contributed by atoms with Crippen LogP contribution in [0.4, 0.5) is 11.4 Å². The molecule has 0 aliphatic carbocycles. The van der Waals surface area contributed by atoms with Crippen molar-refractivity contribution >= 4 is 68.0 Å². The molecule has 4 aromatic rings. The molecule has 0 saturated carbocycles. The maximum atomic E-state index is 14.8. The fourth-order valence-corrected chi connectivity index (χ4v) is 7.41. The number of halogens is 3. The highest BCUT2D eigenvalue weighted by Crippen LogP contribution is 2.36. The molecule has 0 spiro atoms. The number of ether oxygens (including phenoxy) is 1. The Morgan fingerprint density at radius 1 is 0.961 bits per heavy atom. The smallest absolute Gasteiger partial charge is 0.273 e. The number of rotatable bonds is 16. The molecule has 15 heteroatoms. The SMILES string of the molecule is CCCCNC(=O)[C@H](Cc1ccccc1)N(Cc1ccc(Cl)cc1Cl)C(=O)CN(c1cc(Cl)ccc1OC)S(=O)(=O)c1ccc(C)c([N+](=O)[O-])c1. The van der Waals surface area contributed by atoms with E-state index in [9.17, 15) is 28.1 Å². The van der Waals surface area contributed by atoms with Crippen molar-refractivity contribution < 1.29 is 27.7 Å². The Bertz CT molecular complexity index is 2000. The minimum Gasteiger partial charge on any atom is -0.495 e. The first-order valence-electron chi connectivity index (χ1n) is 15.9. The van der Waals surface area contributed by atoms with Gasteiger partial charge >= 0.3 is 0 Å². The molecule has 1 N–H and O–H groups in total. The van der Waals surface area contributed by atoms with E-state index in [4.69, 9.17) is 39.5 Å². The van der Waals surface area contributed by atoms with Gasteiger partial charge in [-0.1, -0.05) is 90.6 Å². The lowest BCUT2D eigenvalue weighted by Gasteiger charge is -2.34. The van der Waals surface area contributed by atoms with Crippen molar-refractivity contribution in [3.05, 3.63) is 127 Å². The van der Waals surface area contributed by atoms with Gasteiger partial charge in [0.2, 0.25) is 11.8 Å². The van der Waals surface area contributed by atoms with Gasteiger partial charge in [-0.05, 0) is 60.9 Å². The number of amides is 2. The number of hydrogen-bond acceptors (Lipinski definition) is 7. The van der Waals surface area contributed by atoms with Crippen molar-refractivity contribution in [2.75, 3.05) is 24.5 Å². The third-order valence-electron chi connectivity index (χ3n) is 8.11. The fourth-order valence-electron chi connectivity index (χ4n) is 5.34. The van der Waals surface area contributed by atoms with Gasteiger partial charge in [0.15, 0.2) is 0 Å². The number of anilines is 1. The Morgan fingerprint density at radius 3 is 2.29 bits per heavy atom. The van der Waals surface area contributed by atoms with E-state index < -0.39 is 49.9 Å². The molecule has 0 aliphatic heterocycles. The number of methoxy groups -OCH3 is 1. The zero-order valence-electron chi connectivity index (χ0n) is 28.1. The first kappa shape index (κ1) is 39.4. The summed E-state index contributed by atoms with van der Waals surface area (Å²) >= 11 is 19.1. The molecule has 0 heterocycles. The number of nitrogens with zero attached hydrogens (tertiary/aromatic N) is 3. The second-order valence-corrected chi connectivity index (χ2v) is 14.8. The van der Waals surface area contributed by atoms with Crippen LogP contribution in [0.5, 0.6) is 5.75 Å². The number of nitro benzene ring substituents is 1. The molecule has 2 amide bonds. The van der Waals surface area contributed by atoms with Gasteiger partial charge in [0, 0.05) is 46.2 Å². The molecule has 0 fully saturated rings. The average molecular weight is 776 g/mol. The minimum absolute atomic E-state index is 0.0582. The fraction of sp³-hybridized carbons (Fsp3) is 0.278. The minimum atomic E-state index is -4.72. The summed E-state index contributed by atoms with van der Waals surface area (Å²) in [6.45, 7) is 2.78. The van der Waals surface area contributed by atoms with E-state index in [1.807, 2.05) is 37.3 Å². The van der Waals surface area contributed by atoms with E-state index in [0.29, 0.717) is 23.6 Å². The summed E-state index contributed by atoms with van der Waals surface area (Å²) in [6, 6.07) is 20.4. The van der Waals surface area contributed by atoms with Crippen LogP contribution in [0.15, 0.2) is 89.8 Å². The third-order valence-corrected chi connectivity index (χ3v) is 10.7. The summed E-state index contributed by atoms with van der Waals surface area (Å²) in [6.07, 6.45) is 1.61. The first-order valence-corrected chi connectivity index (χ1v) is 18.5. The highest BCUT2D eigenvalue weighted by Gasteiger charge is 2.36. The van der Waals surface area contributed by atoms with Crippen molar-refractivity contribution in [3.63, 3.8) is 0 Å². The van der Waals surface area contributed by atoms with Crippen LogP contribution < -0.4 is 14.4 Å². The van der Waals surface area contributed by atoms with Gasteiger partial charge in [-0.15, -0.1) is 0 Å². The molecule has 0 radical (unpaired) electrons. The summed E-state index contributed by atoms with van der Waals surface area (Å²) in [5.41, 5.74) is 0.925. The maximum absolute atomic E-state index is 14.8. The molecule has 11 nitrogen and oxygen atoms in total. The van der Waals surface area contributed by atoms with Crippen LogP contribution in [0.1, 0.15) is 36.5 Å². The average Bonchev–Trinajstić information content (AvgIpc) is 3.09. The van der Waals surface area contributed by atoms with E-state index >= 15 is 0 Å².